The molecular formula is C18H21BrO. The molecule has 1 atom stereocenters. The van der Waals surface area contributed by atoms with Gasteiger partial charge in [-0.3, -0.25) is 0 Å². The number of benzene rings is 2. The second kappa shape index (κ2) is 7.05. The third kappa shape index (κ3) is 4.19. The van der Waals surface area contributed by atoms with E-state index in [-0.39, 0.29) is 0 Å². The van der Waals surface area contributed by atoms with Gasteiger partial charge in [0.1, 0.15) is 0 Å². The zero-order valence-corrected chi connectivity index (χ0v) is 13.6. The molecular weight excluding hydrogens is 312 g/mol. The quantitative estimate of drug-likeness (QED) is 0.823. The number of aliphatic hydroxyl groups excluding tert-OH is 1. The van der Waals surface area contributed by atoms with Crippen molar-refractivity contribution >= 4 is 15.9 Å². The van der Waals surface area contributed by atoms with Crippen molar-refractivity contribution in [1.29, 1.82) is 0 Å². The maximum absolute atomic E-state index is 10.4. The minimum absolute atomic E-state index is 0.457. The Hall–Kier alpha value is -1.12. The molecule has 20 heavy (non-hydrogen) atoms. The highest BCUT2D eigenvalue weighted by atomic mass is 79.9. The molecule has 0 amide bonds. The Morgan fingerprint density at radius 1 is 0.950 bits per heavy atom. The highest BCUT2D eigenvalue weighted by molar-refractivity contribution is 9.10. The first-order valence-corrected chi connectivity index (χ1v) is 7.86. The Bertz CT molecular complexity index is 546. The van der Waals surface area contributed by atoms with Gasteiger partial charge in [-0.25, -0.2) is 0 Å². The van der Waals surface area contributed by atoms with E-state index in [0.29, 0.717) is 12.3 Å². The van der Waals surface area contributed by atoms with E-state index in [1.165, 1.54) is 5.56 Å². The van der Waals surface area contributed by atoms with Gasteiger partial charge >= 0.3 is 0 Å². The average molecular weight is 333 g/mol. The van der Waals surface area contributed by atoms with Crippen molar-refractivity contribution in [3.05, 3.63) is 69.7 Å². The fourth-order valence-corrected chi connectivity index (χ4v) is 2.78. The van der Waals surface area contributed by atoms with Crippen LogP contribution in [0.1, 0.15) is 36.6 Å². The zero-order chi connectivity index (χ0) is 14.5. The summed E-state index contributed by atoms with van der Waals surface area (Å²) >= 11 is 3.52. The topological polar surface area (TPSA) is 20.2 Å². The molecule has 0 heterocycles. The van der Waals surface area contributed by atoms with Crippen LogP contribution in [0.2, 0.25) is 0 Å². The molecule has 1 nitrogen and oxygen atoms in total. The molecule has 2 aromatic carbocycles. The van der Waals surface area contributed by atoms with Crippen molar-refractivity contribution < 1.29 is 5.11 Å². The van der Waals surface area contributed by atoms with E-state index in [1.54, 1.807) is 0 Å². The first kappa shape index (κ1) is 15.3. The monoisotopic (exact) mass is 332 g/mol. The minimum atomic E-state index is -0.457. The molecule has 0 aromatic heterocycles. The molecule has 2 rings (SSSR count). The van der Waals surface area contributed by atoms with Gasteiger partial charge in [0.2, 0.25) is 0 Å². The van der Waals surface area contributed by atoms with Crippen molar-refractivity contribution in [1.82, 2.24) is 0 Å². The van der Waals surface area contributed by atoms with Crippen molar-refractivity contribution in [2.45, 2.75) is 32.8 Å². The Kier molecular flexibility index (Phi) is 5.38. The van der Waals surface area contributed by atoms with Gasteiger partial charge in [0.15, 0.2) is 0 Å². The van der Waals surface area contributed by atoms with Crippen molar-refractivity contribution in [3.63, 3.8) is 0 Å². The van der Waals surface area contributed by atoms with Crippen LogP contribution in [0.15, 0.2) is 53.0 Å². The van der Waals surface area contributed by atoms with Crippen LogP contribution in [-0.4, -0.2) is 5.11 Å². The SMILES string of the molecule is CC(C)Cc1ccc(C(O)Cc2ccccc2Br)cc1. The fraction of sp³-hybridized carbons (Fsp3) is 0.333. The molecule has 0 saturated heterocycles. The van der Waals surface area contributed by atoms with Gasteiger partial charge in [-0.15, -0.1) is 0 Å². The molecule has 1 N–H and O–H groups in total. The number of halogens is 1. The van der Waals surface area contributed by atoms with E-state index in [1.807, 2.05) is 36.4 Å². The molecule has 106 valence electrons. The maximum atomic E-state index is 10.4. The standard InChI is InChI=1S/C18H21BrO/c1-13(2)11-14-7-9-15(10-8-14)18(20)12-16-5-3-4-6-17(16)19/h3-10,13,18,20H,11-12H2,1-2H3. The Morgan fingerprint density at radius 2 is 1.60 bits per heavy atom. The van der Waals surface area contributed by atoms with Crippen molar-refractivity contribution in [2.24, 2.45) is 5.92 Å². The summed E-state index contributed by atoms with van der Waals surface area (Å²) < 4.78 is 1.05. The molecule has 0 bridgehead atoms. The molecule has 2 aromatic rings. The van der Waals surface area contributed by atoms with Gasteiger partial charge in [-0.2, -0.15) is 0 Å². The van der Waals surface area contributed by atoms with Crippen LogP contribution in [-0.2, 0) is 12.8 Å². The van der Waals surface area contributed by atoms with Gasteiger partial charge < -0.3 is 5.11 Å². The molecule has 0 radical (unpaired) electrons. The third-order valence-corrected chi connectivity index (χ3v) is 4.15. The summed E-state index contributed by atoms with van der Waals surface area (Å²) in [4.78, 5) is 0. The summed E-state index contributed by atoms with van der Waals surface area (Å²) in [5.74, 6) is 0.658. The van der Waals surface area contributed by atoms with Gasteiger partial charge in [0.25, 0.3) is 0 Å². The summed E-state index contributed by atoms with van der Waals surface area (Å²) in [6, 6.07) is 16.4. The number of hydrogen-bond donors (Lipinski definition) is 1. The Labute approximate surface area is 129 Å². The predicted octanol–water partition coefficient (Wildman–Crippen LogP) is 4.92. The number of aliphatic hydroxyl groups is 1. The summed E-state index contributed by atoms with van der Waals surface area (Å²) in [6.07, 6.45) is 1.26. The van der Waals surface area contributed by atoms with Crippen LogP contribution in [0.25, 0.3) is 0 Å². The largest absolute Gasteiger partial charge is 0.388 e. The molecule has 1 unspecified atom stereocenters. The van der Waals surface area contributed by atoms with E-state index >= 15 is 0 Å². The van der Waals surface area contributed by atoms with Gasteiger partial charge in [-0.1, -0.05) is 72.2 Å². The lowest BCUT2D eigenvalue weighted by atomic mass is 9.97. The van der Waals surface area contributed by atoms with E-state index in [4.69, 9.17) is 0 Å². The zero-order valence-electron chi connectivity index (χ0n) is 12.0. The highest BCUT2D eigenvalue weighted by Gasteiger charge is 2.10. The lowest BCUT2D eigenvalue weighted by Gasteiger charge is -2.13. The molecule has 0 aliphatic heterocycles. The number of rotatable bonds is 5. The second-order valence-corrected chi connectivity index (χ2v) is 6.51. The van der Waals surface area contributed by atoms with Gasteiger partial charge in [0.05, 0.1) is 6.10 Å². The first-order chi connectivity index (χ1) is 9.56. The lowest BCUT2D eigenvalue weighted by molar-refractivity contribution is 0.178. The molecule has 0 aliphatic carbocycles. The van der Waals surface area contributed by atoms with E-state index in [0.717, 1.165) is 22.0 Å². The van der Waals surface area contributed by atoms with Gasteiger partial charge in [0, 0.05) is 10.9 Å². The minimum Gasteiger partial charge on any atom is -0.388 e. The Morgan fingerprint density at radius 3 is 2.20 bits per heavy atom. The summed E-state index contributed by atoms with van der Waals surface area (Å²) in [7, 11) is 0. The average Bonchev–Trinajstić information content (AvgIpc) is 2.41. The third-order valence-electron chi connectivity index (χ3n) is 3.38. The van der Waals surface area contributed by atoms with Crippen LogP contribution >= 0.6 is 15.9 Å². The smallest absolute Gasteiger partial charge is 0.0830 e. The van der Waals surface area contributed by atoms with Crippen LogP contribution < -0.4 is 0 Å². The molecule has 0 aliphatic rings. The summed E-state index contributed by atoms with van der Waals surface area (Å²) in [5, 5.41) is 10.4. The normalized spacial score (nSPS) is 12.7. The predicted molar refractivity (Wildman–Crippen MR) is 87.8 cm³/mol. The van der Waals surface area contributed by atoms with E-state index in [2.05, 4.69) is 41.9 Å². The maximum Gasteiger partial charge on any atom is 0.0830 e. The van der Waals surface area contributed by atoms with Crippen LogP contribution in [0, 0.1) is 5.92 Å². The fourth-order valence-electron chi connectivity index (χ4n) is 2.34. The van der Waals surface area contributed by atoms with Gasteiger partial charge in [-0.05, 0) is 35.1 Å². The van der Waals surface area contributed by atoms with Crippen LogP contribution in [0.3, 0.4) is 0 Å². The Balaban J connectivity index is 2.06. The summed E-state index contributed by atoms with van der Waals surface area (Å²) in [6.45, 7) is 4.44. The van der Waals surface area contributed by atoms with Crippen molar-refractivity contribution in [3.8, 4) is 0 Å². The van der Waals surface area contributed by atoms with Crippen LogP contribution in [0.5, 0.6) is 0 Å². The van der Waals surface area contributed by atoms with E-state index in [9.17, 15) is 5.11 Å². The molecule has 0 spiro atoms. The highest BCUT2D eigenvalue weighted by Crippen LogP contribution is 2.24. The summed E-state index contributed by atoms with van der Waals surface area (Å²) in [5.41, 5.74) is 3.44. The molecule has 2 heteroatoms. The first-order valence-electron chi connectivity index (χ1n) is 7.06. The number of hydrogen-bond acceptors (Lipinski definition) is 1. The lowest BCUT2D eigenvalue weighted by Crippen LogP contribution is -2.03. The van der Waals surface area contributed by atoms with E-state index < -0.39 is 6.10 Å². The second-order valence-electron chi connectivity index (χ2n) is 5.65. The van der Waals surface area contributed by atoms with Crippen LogP contribution in [0.4, 0.5) is 0 Å². The van der Waals surface area contributed by atoms with Crippen molar-refractivity contribution in [2.75, 3.05) is 0 Å². The molecule has 0 fully saturated rings. The molecule has 0 saturated carbocycles.